The lowest BCUT2D eigenvalue weighted by atomic mass is 10.1. The van der Waals surface area contributed by atoms with Crippen molar-refractivity contribution in [2.45, 2.75) is 25.8 Å². The van der Waals surface area contributed by atoms with Crippen LogP contribution < -0.4 is 5.32 Å². The first-order chi connectivity index (χ1) is 11.5. The maximum absolute atomic E-state index is 12.7. The van der Waals surface area contributed by atoms with Gasteiger partial charge in [-0.3, -0.25) is 9.59 Å². The van der Waals surface area contributed by atoms with Gasteiger partial charge < -0.3 is 14.7 Å². The van der Waals surface area contributed by atoms with Crippen molar-refractivity contribution in [2.24, 2.45) is 0 Å². The van der Waals surface area contributed by atoms with Gasteiger partial charge in [0.25, 0.3) is 5.91 Å². The van der Waals surface area contributed by atoms with Crippen LogP contribution in [-0.2, 0) is 4.79 Å². The van der Waals surface area contributed by atoms with E-state index in [-0.39, 0.29) is 11.8 Å². The van der Waals surface area contributed by atoms with Crippen LogP contribution in [0.3, 0.4) is 0 Å². The van der Waals surface area contributed by atoms with Crippen LogP contribution in [0.1, 0.15) is 29.0 Å². The van der Waals surface area contributed by atoms with Gasteiger partial charge in [0.15, 0.2) is 5.82 Å². The molecule has 1 fully saturated rings. The molecular formula is C16H15Cl2N3O3. The van der Waals surface area contributed by atoms with Crippen LogP contribution in [0.5, 0.6) is 0 Å². The summed E-state index contributed by atoms with van der Waals surface area (Å²) in [6, 6.07) is 5.76. The molecule has 2 heterocycles. The van der Waals surface area contributed by atoms with E-state index < -0.39 is 6.04 Å². The van der Waals surface area contributed by atoms with Crippen molar-refractivity contribution in [3.63, 3.8) is 0 Å². The van der Waals surface area contributed by atoms with Gasteiger partial charge in [-0.15, -0.1) is 0 Å². The summed E-state index contributed by atoms with van der Waals surface area (Å²) >= 11 is 11.9. The lowest BCUT2D eigenvalue weighted by Crippen LogP contribution is -2.43. The molecule has 6 nitrogen and oxygen atoms in total. The Labute approximate surface area is 148 Å². The highest BCUT2D eigenvalue weighted by Crippen LogP contribution is 2.26. The van der Waals surface area contributed by atoms with Gasteiger partial charge in [0.2, 0.25) is 5.91 Å². The molecule has 2 amide bonds. The van der Waals surface area contributed by atoms with E-state index in [2.05, 4.69) is 10.5 Å². The van der Waals surface area contributed by atoms with Gasteiger partial charge in [-0.2, -0.15) is 0 Å². The van der Waals surface area contributed by atoms with Crippen molar-refractivity contribution in [3.8, 4) is 0 Å². The molecule has 0 saturated carbocycles. The fourth-order valence-electron chi connectivity index (χ4n) is 2.71. The molecule has 1 N–H and O–H groups in total. The molecule has 1 saturated heterocycles. The Balaban J connectivity index is 1.75. The molecular weight excluding hydrogens is 353 g/mol. The van der Waals surface area contributed by atoms with Crippen molar-refractivity contribution in [3.05, 3.63) is 45.6 Å². The number of carbonyl (C=O) groups is 2. The third-order valence-electron chi connectivity index (χ3n) is 3.86. The molecule has 8 heteroatoms. The van der Waals surface area contributed by atoms with E-state index >= 15 is 0 Å². The van der Waals surface area contributed by atoms with Crippen molar-refractivity contribution in [1.82, 2.24) is 10.1 Å². The predicted molar refractivity (Wildman–Crippen MR) is 90.4 cm³/mol. The maximum atomic E-state index is 12.7. The number of hydrogen-bond acceptors (Lipinski definition) is 4. The van der Waals surface area contributed by atoms with Crippen molar-refractivity contribution >= 4 is 40.8 Å². The Hall–Kier alpha value is -2.05. The fourth-order valence-corrected chi connectivity index (χ4v) is 3.01. The van der Waals surface area contributed by atoms with Crippen LogP contribution in [0.25, 0.3) is 0 Å². The molecule has 1 aromatic carbocycles. The Bertz CT molecular complexity index is 791. The molecule has 1 aliphatic heterocycles. The summed E-state index contributed by atoms with van der Waals surface area (Å²) in [5.74, 6) is 0.406. The monoisotopic (exact) mass is 367 g/mol. The van der Waals surface area contributed by atoms with E-state index in [1.165, 1.54) is 6.07 Å². The first-order valence-corrected chi connectivity index (χ1v) is 8.21. The number of rotatable bonds is 3. The summed E-state index contributed by atoms with van der Waals surface area (Å²) in [5.41, 5.74) is 0.404. The van der Waals surface area contributed by atoms with Crippen LogP contribution >= 0.6 is 23.2 Å². The molecule has 1 aliphatic rings. The zero-order valence-electron chi connectivity index (χ0n) is 12.9. The molecule has 0 bridgehead atoms. The van der Waals surface area contributed by atoms with E-state index in [0.29, 0.717) is 40.2 Å². The number of nitrogens with zero attached hydrogens (tertiary/aromatic N) is 2. The Morgan fingerprint density at radius 2 is 2.08 bits per heavy atom. The molecule has 126 valence electrons. The molecule has 0 unspecified atom stereocenters. The van der Waals surface area contributed by atoms with E-state index in [0.717, 1.165) is 6.42 Å². The number of aromatic nitrogens is 1. The normalized spacial score (nSPS) is 17.1. The van der Waals surface area contributed by atoms with Gasteiger partial charge in [-0.25, -0.2) is 0 Å². The Morgan fingerprint density at radius 3 is 2.75 bits per heavy atom. The number of nitrogens with one attached hydrogen (secondary N) is 1. The van der Waals surface area contributed by atoms with E-state index in [1.54, 1.807) is 30.0 Å². The van der Waals surface area contributed by atoms with Gasteiger partial charge in [-0.05, 0) is 38.0 Å². The Morgan fingerprint density at radius 1 is 1.29 bits per heavy atom. The lowest BCUT2D eigenvalue weighted by molar-refractivity contribution is -0.119. The molecule has 2 aromatic rings. The number of benzene rings is 1. The van der Waals surface area contributed by atoms with Gasteiger partial charge in [0.1, 0.15) is 11.8 Å². The van der Waals surface area contributed by atoms with Gasteiger partial charge in [-0.1, -0.05) is 28.4 Å². The third kappa shape index (κ3) is 3.39. The van der Waals surface area contributed by atoms with Crippen LogP contribution in [0, 0.1) is 6.92 Å². The number of likely N-dealkylation sites (tertiary alicyclic amines) is 1. The fraction of sp³-hybridized carbons (Fsp3) is 0.312. The van der Waals surface area contributed by atoms with Crippen molar-refractivity contribution in [1.29, 1.82) is 0 Å². The highest BCUT2D eigenvalue weighted by Gasteiger charge is 2.35. The largest absolute Gasteiger partial charge is 0.360 e. The number of amides is 2. The summed E-state index contributed by atoms with van der Waals surface area (Å²) < 4.78 is 4.92. The average molecular weight is 368 g/mol. The second kappa shape index (κ2) is 6.83. The third-order valence-corrected chi connectivity index (χ3v) is 4.60. The zero-order chi connectivity index (χ0) is 17.3. The quantitative estimate of drug-likeness (QED) is 0.899. The summed E-state index contributed by atoms with van der Waals surface area (Å²) in [6.07, 6.45) is 1.35. The molecule has 0 spiro atoms. The van der Waals surface area contributed by atoms with Gasteiger partial charge >= 0.3 is 0 Å². The second-order valence-electron chi connectivity index (χ2n) is 5.60. The first kappa shape index (κ1) is 16.8. The molecule has 1 atom stereocenters. The van der Waals surface area contributed by atoms with Gasteiger partial charge in [0.05, 0.1) is 10.0 Å². The first-order valence-electron chi connectivity index (χ1n) is 7.46. The summed E-state index contributed by atoms with van der Waals surface area (Å²) in [6.45, 7) is 2.24. The smallest absolute Gasteiger partial charge is 0.254 e. The molecule has 0 aliphatic carbocycles. The highest BCUT2D eigenvalue weighted by molar-refractivity contribution is 6.42. The molecule has 24 heavy (non-hydrogen) atoms. The summed E-state index contributed by atoms with van der Waals surface area (Å²) in [4.78, 5) is 26.7. The van der Waals surface area contributed by atoms with Crippen molar-refractivity contribution in [2.75, 3.05) is 11.9 Å². The molecule has 0 radical (unpaired) electrons. The SMILES string of the molecule is Cc1cc(NC(=O)[C@@H]2CCCN2C(=O)c2ccc(Cl)c(Cl)c2)no1. The maximum Gasteiger partial charge on any atom is 0.254 e. The Kier molecular flexibility index (Phi) is 4.78. The minimum absolute atomic E-state index is 0.248. The average Bonchev–Trinajstić information content (AvgIpc) is 3.18. The summed E-state index contributed by atoms with van der Waals surface area (Å²) in [5, 5.41) is 7.10. The highest BCUT2D eigenvalue weighted by atomic mass is 35.5. The minimum atomic E-state index is -0.552. The molecule has 1 aromatic heterocycles. The number of anilines is 1. The van der Waals surface area contributed by atoms with E-state index in [4.69, 9.17) is 27.7 Å². The molecule has 3 rings (SSSR count). The van der Waals surface area contributed by atoms with E-state index in [9.17, 15) is 9.59 Å². The second-order valence-corrected chi connectivity index (χ2v) is 6.41. The lowest BCUT2D eigenvalue weighted by Gasteiger charge is -2.23. The zero-order valence-corrected chi connectivity index (χ0v) is 14.4. The standard InChI is InChI=1S/C16H15Cl2N3O3/c1-9-7-14(20-24-9)19-15(22)13-3-2-6-21(13)16(23)10-4-5-11(17)12(18)8-10/h4-5,7-8,13H,2-3,6H2,1H3,(H,19,20,22)/t13-/m0/s1. The number of carbonyl (C=O) groups excluding carboxylic acids is 2. The number of halogens is 2. The number of hydrogen-bond donors (Lipinski definition) is 1. The topological polar surface area (TPSA) is 75.4 Å². The van der Waals surface area contributed by atoms with Crippen molar-refractivity contribution < 1.29 is 14.1 Å². The van der Waals surface area contributed by atoms with Crippen LogP contribution in [0.2, 0.25) is 10.0 Å². The number of aryl methyl sites for hydroxylation is 1. The minimum Gasteiger partial charge on any atom is -0.360 e. The van der Waals surface area contributed by atoms with Gasteiger partial charge in [0, 0.05) is 18.2 Å². The predicted octanol–water partition coefficient (Wildman–Crippen LogP) is 3.53. The van der Waals surface area contributed by atoms with Crippen LogP contribution in [0.15, 0.2) is 28.8 Å². The van der Waals surface area contributed by atoms with Crippen LogP contribution in [0.4, 0.5) is 5.82 Å². The van der Waals surface area contributed by atoms with Crippen LogP contribution in [-0.4, -0.2) is 34.5 Å². The summed E-state index contributed by atoms with van der Waals surface area (Å²) in [7, 11) is 0. The van der Waals surface area contributed by atoms with E-state index in [1.807, 2.05) is 0 Å².